The molecule has 0 aliphatic heterocycles. The Labute approximate surface area is 115 Å². The van der Waals surface area contributed by atoms with Gasteiger partial charge in [0, 0.05) is 0 Å². The van der Waals surface area contributed by atoms with Crippen LogP contribution in [0, 0.1) is 6.92 Å². The number of hydrogen-bond donors (Lipinski definition) is 3. The maximum absolute atomic E-state index is 11.6. The van der Waals surface area contributed by atoms with Gasteiger partial charge in [-0.15, -0.1) is 0 Å². The number of hydrogen-bond acceptors (Lipinski definition) is 4. The van der Waals surface area contributed by atoms with E-state index < -0.39 is 30.2 Å². The Kier molecular flexibility index (Phi) is 5.52. The van der Waals surface area contributed by atoms with Crippen LogP contribution in [0.5, 0.6) is 5.75 Å². The van der Waals surface area contributed by atoms with Crippen molar-refractivity contribution in [2.45, 2.75) is 19.4 Å². The summed E-state index contributed by atoms with van der Waals surface area (Å²) in [5.74, 6) is -2.24. The van der Waals surface area contributed by atoms with E-state index in [1.54, 1.807) is 12.1 Å². The summed E-state index contributed by atoms with van der Waals surface area (Å²) >= 11 is 0. The standard InChI is InChI=1S/C13H16N2O5/c1-8-4-2-3-5-10(8)20-7-12(17)15-9(13(18)19)6-11(14)16/h2-5,9H,6-7H2,1H3,(H2,14,16)(H,15,17)(H,18,19)/t9-/m0/s1. The highest BCUT2D eigenvalue weighted by Crippen LogP contribution is 2.15. The number of para-hydroxylation sites is 1. The van der Waals surface area contributed by atoms with E-state index in [1.165, 1.54) is 0 Å². The number of nitrogens with one attached hydrogen (secondary N) is 1. The first-order valence-electron chi connectivity index (χ1n) is 5.89. The lowest BCUT2D eigenvalue weighted by molar-refractivity contribution is -0.143. The molecule has 0 saturated carbocycles. The van der Waals surface area contributed by atoms with Crippen LogP contribution in [0.3, 0.4) is 0 Å². The smallest absolute Gasteiger partial charge is 0.326 e. The molecule has 7 nitrogen and oxygen atoms in total. The molecule has 2 amide bonds. The topological polar surface area (TPSA) is 119 Å². The van der Waals surface area contributed by atoms with Gasteiger partial charge >= 0.3 is 5.97 Å². The minimum Gasteiger partial charge on any atom is -0.484 e. The van der Waals surface area contributed by atoms with E-state index in [-0.39, 0.29) is 6.61 Å². The fraction of sp³-hybridized carbons (Fsp3) is 0.308. The minimum atomic E-state index is -1.35. The maximum Gasteiger partial charge on any atom is 0.326 e. The number of aryl methyl sites for hydroxylation is 1. The molecule has 0 unspecified atom stereocenters. The molecule has 7 heteroatoms. The van der Waals surface area contributed by atoms with Crippen molar-refractivity contribution in [3.8, 4) is 5.75 Å². The third kappa shape index (κ3) is 4.97. The SMILES string of the molecule is Cc1ccccc1OCC(=O)N[C@@H](CC(N)=O)C(=O)O. The first-order chi connectivity index (χ1) is 9.40. The monoisotopic (exact) mass is 280 g/mol. The van der Waals surface area contributed by atoms with Gasteiger partial charge in [0.1, 0.15) is 11.8 Å². The number of amides is 2. The van der Waals surface area contributed by atoms with Crippen molar-refractivity contribution in [1.29, 1.82) is 0 Å². The van der Waals surface area contributed by atoms with Crippen LogP contribution in [0.15, 0.2) is 24.3 Å². The Bertz CT molecular complexity index is 515. The van der Waals surface area contributed by atoms with E-state index >= 15 is 0 Å². The highest BCUT2D eigenvalue weighted by Gasteiger charge is 2.22. The van der Waals surface area contributed by atoms with Gasteiger partial charge in [0.05, 0.1) is 6.42 Å². The number of rotatable bonds is 7. The van der Waals surface area contributed by atoms with Crippen LogP contribution in [0.2, 0.25) is 0 Å². The second kappa shape index (κ2) is 7.13. The lowest BCUT2D eigenvalue weighted by Gasteiger charge is -2.13. The lowest BCUT2D eigenvalue weighted by Crippen LogP contribution is -2.45. The van der Waals surface area contributed by atoms with Gasteiger partial charge in [-0.05, 0) is 18.6 Å². The number of carbonyl (C=O) groups is 3. The summed E-state index contributed by atoms with van der Waals surface area (Å²) in [6.07, 6.45) is -0.467. The van der Waals surface area contributed by atoms with Gasteiger partial charge in [-0.1, -0.05) is 18.2 Å². The molecular formula is C13H16N2O5. The summed E-state index contributed by atoms with van der Waals surface area (Å²) in [4.78, 5) is 33.1. The fourth-order valence-corrected chi connectivity index (χ4v) is 1.50. The molecule has 20 heavy (non-hydrogen) atoms. The normalized spacial score (nSPS) is 11.4. The summed E-state index contributed by atoms with van der Waals surface area (Å²) in [6, 6.07) is 5.75. The second-order valence-corrected chi connectivity index (χ2v) is 4.18. The number of nitrogens with two attached hydrogens (primary N) is 1. The van der Waals surface area contributed by atoms with E-state index in [0.717, 1.165) is 5.56 Å². The van der Waals surface area contributed by atoms with Crippen LogP contribution in [0.4, 0.5) is 0 Å². The van der Waals surface area contributed by atoms with Crippen molar-refractivity contribution in [1.82, 2.24) is 5.32 Å². The first kappa shape index (κ1) is 15.5. The number of aliphatic carboxylic acids is 1. The van der Waals surface area contributed by atoms with Crippen molar-refractivity contribution in [3.05, 3.63) is 29.8 Å². The van der Waals surface area contributed by atoms with Crippen LogP contribution < -0.4 is 15.8 Å². The molecule has 1 rings (SSSR count). The molecule has 0 aliphatic carbocycles. The van der Waals surface area contributed by atoms with E-state index in [2.05, 4.69) is 5.32 Å². The zero-order valence-electron chi connectivity index (χ0n) is 11.0. The zero-order chi connectivity index (χ0) is 15.1. The van der Waals surface area contributed by atoms with Crippen LogP contribution >= 0.6 is 0 Å². The number of primary amides is 1. The van der Waals surface area contributed by atoms with Crippen molar-refractivity contribution >= 4 is 17.8 Å². The number of carbonyl (C=O) groups excluding carboxylic acids is 2. The Morgan fingerprint density at radius 1 is 1.35 bits per heavy atom. The highest BCUT2D eigenvalue weighted by molar-refractivity contribution is 5.88. The number of ether oxygens (including phenoxy) is 1. The van der Waals surface area contributed by atoms with Crippen molar-refractivity contribution in [2.75, 3.05) is 6.61 Å². The molecule has 0 radical (unpaired) electrons. The molecule has 0 bridgehead atoms. The molecule has 1 aromatic rings. The van der Waals surface area contributed by atoms with Crippen LogP contribution in [-0.4, -0.2) is 35.5 Å². The summed E-state index contributed by atoms with van der Waals surface area (Å²) < 4.78 is 5.26. The molecule has 0 heterocycles. The maximum atomic E-state index is 11.6. The second-order valence-electron chi connectivity index (χ2n) is 4.18. The van der Waals surface area contributed by atoms with Crippen molar-refractivity contribution < 1.29 is 24.2 Å². The van der Waals surface area contributed by atoms with Gasteiger partial charge in [-0.2, -0.15) is 0 Å². The van der Waals surface area contributed by atoms with E-state index in [0.29, 0.717) is 5.75 Å². The molecule has 1 atom stereocenters. The molecule has 0 saturated heterocycles. The van der Waals surface area contributed by atoms with Gasteiger partial charge in [-0.3, -0.25) is 9.59 Å². The molecule has 0 spiro atoms. The Morgan fingerprint density at radius 2 is 2.00 bits per heavy atom. The molecule has 0 fully saturated rings. The van der Waals surface area contributed by atoms with E-state index in [9.17, 15) is 14.4 Å². The van der Waals surface area contributed by atoms with Crippen LogP contribution in [-0.2, 0) is 14.4 Å². The summed E-state index contributed by atoms with van der Waals surface area (Å²) in [5, 5.41) is 11.0. The average molecular weight is 280 g/mol. The van der Waals surface area contributed by atoms with Gasteiger partial charge in [0.2, 0.25) is 5.91 Å². The predicted molar refractivity (Wildman–Crippen MR) is 70.1 cm³/mol. The molecule has 0 aromatic heterocycles. The minimum absolute atomic E-state index is 0.340. The molecule has 0 aliphatic rings. The van der Waals surface area contributed by atoms with Gasteiger partial charge in [0.15, 0.2) is 6.61 Å². The fourth-order valence-electron chi connectivity index (χ4n) is 1.50. The lowest BCUT2D eigenvalue weighted by atomic mass is 10.2. The number of carboxylic acids is 1. The molecule has 108 valence electrons. The third-order valence-electron chi connectivity index (χ3n) is 2.49. The first-order valence-corrected chi connectivity index (χ1v) is 5.89. The number of benzene rings is 1. The Hall–Kier alpha value is -2.57. The highest BCUT2D eigenvalue weighted by atomic mass is 16.5. The number of carboxylic acid groups (broad SMARTS) is 1. The van der Waals surface area contributed by atoms with Gasteiger partial charge in [-0.25, -0.2) is 4.79 Å². The van der Waals surface area contributed by atoms with E-state index in [1.807, 2.05) is 19.1 Å². The largest absolute Gasteiger partial charge is 0.484 e. The third-order valence-corrected chi connectivity index (χ3v) is 2.49. The van der Waals surface area contributed by atoms with Crippen LogP contribution in [0.25, 0.3) is 0 Å². The van der Waals surface area contributed by atoms with Crippen molar-refractivity contribution in [3.63, 3.8) is 0 Å². The van der Waals surface area contributed by atoms with E-state index in [4.69, 9.17) is 15.6 Å². The molecule has 1 aromatic carbocycles. The molecule has 4 N–H and O–H groups in total. The summed E-state index contributed by atoms with van der Waals surface area (Å²) in [5.41, 5.74) is 5.76. The summed E-state index contributed by atoms with van der Waals surface area (Å²) in [7, 11) is 0. The van der Waals surface area contributed by atoms with Crippen molar-refractivity contribution in [2.24, 2.45) is 5.73 Å². The zero-order valence-corrected chi connectivity index (χ0v) is 11.0. The van der Waals surface area contributed by atoms with Gasteiger partial charge < -0.3 is 20.9 Å². The quantitative estimate of drug-likeness (QED) is 0.640. The summed E-state index contributed by atoms with van der Waals surface area (Å²) in [6.45, 7) is 1.48. The van der Waals surface area contributed by atoms with Crippen LogP contribution in [0.1, 0.15) is 12.0 Å². The average Bonchev–Trinajstić information content (AvgIpc) is 2.36. The Morgan fingerprint density at radius 3 is 2.55 bits per heavy atom. The molecular weight excluding hydrogens is 264 g/mol. The van der Waals surface area contributed by atoms with Gasteiger partial charge in [0.25, 0.3) is 5.91 Å². The predicted octanol–water partition coefficient (Wildman–Crippen LogP) is -0.181. The Balaban J connectivity index is 2.52.